The van der Waals surface area contributed by atoms with Crippen molar-refractivity contribution < 1.29 is 0 Å². The summed E-state index contributed by atoms with van der Waals surface area (Å²) in [5.41, 5.74) is 11.4. The molecule has 4 N–H and O–H groups in total. The van der Waals surface area contributed by atoms with E-state index in [-0.39, 0.29) is 5.56 Å². The van der Waals surface area contributed by atoms with Gasteiger partial charge in [-0.25, -0.2) is 4.98 Å². The quantitative estimate of drug-likeness (QED) is 0.476. The lowest BCUT2D eigenvalue weighted by atomic mass is 10.1. The van der Waals surface area contributed by atoms with Crippen LogP contribution in [-0.2, 0) is 13.0 Å². The maximum Gasteiger partial charge on any atom is 0.270 e. The number of benzene rings is 3. The Hall–Kier alpha value is -3.60. The molecular formula is C22H20N4O. The predicted octanol–water partition coefficient (Wildman–Crippen LogP) is 3.71. The van der Waals surface area contributed by atoms with Gasteiger partial charge in [0.15, 0.2) is 0 Å². The maximum absolute atomic E-state index is 12.4. The first-order chi connectivity index (χ1) is 13.2. The average molecular weight is 356 g/mol. The Morgan fingerprint density at radius 2 is 1.59 bits per heavy atom. The van der Waals surface area contributed by atoms with Crippen LogP contribution in [0, 0.1) is 0 Å². The summed E-state index contributed by atoms with van der Waals surface area (Å²) in [6, 6.07) is 23.6. The first-order valence-electron chi connectivity index (χ1n) is 8.83. The highest BCUT2D eigenvalue weighted by molar-refractivity contribution is 5.86. The average Bonchev–Trinajstić information content (AvgIpc) is 2.69. The number of fused-ring (bicyclic) bond motifs is 1. The van der Waals surface area contributed by atoms with E-state index >= 15 is 0 Å². The Bertz CT molecular complexity index is 1120. The van der Waals surface area contributed by atoms with Crippen molar-refractivity contribution in [3.05, 3.63) is 100.0 Å². The molecular weight excluding hydrogens is 336 g/mol. The first kappa shape index (κ1) is 16.8. The molecule has 0 aliphatic heterocycles. The zero-order chi connectivity index (χ0) is 18.6. The third-order valence-corrected chi connectivity index (χ3v) is 4.47. The normalized spacial score (nSPS) is 10.8. The predicted molar refractivity (Wildman–Crippen MR) is 110 cm³/mol. The molecule has 0 atom stereocenters. The van der Waals surface area contributed by atoms with E-state index in [1.807, 2.05) is 54.6 Å². The summed E-state index contributed by atoms with van der Waals surface area (Å²) >= 11 is 0. The van der Waals surface area contributed by atoms with E-state index in [2.05, 4.69) is 27.4 Å². The largest absolute Gasteiger partial charge is 0.397 e. The van der Waals surface area contributed by atoms with Crippen LogP contribution in [0.15, 0.2) is 77.6 Å². The number of anilines is 2. The van der Waals surface area contributed by atoms with Crippen LogP contribution >= 0.6 is 0 Å². The maximum atomic E-state index is 12.4. The van der Waals surface area contributed by atoms with Gasteiger partial charge in [-0.15, -0.1) is 0 Å². The van der Waals surface area contributed by atoms with Crippen LogP contribution < -0.4 is 16.6 Å². The van der Waals surface area contributed by atoms with Gasteiger partial charge < -0.3 is 16.0 Å². The molecule has 5 nitrogen and oxygen atoms in total. The SMILES string of the molecule is Nc1cc2[nH]c(=O)c(Cc3ccccc3)nc2cc1NCc1ccccc1. The van der Waals surface area contributed by atoms with Gasteiger partial charge >= 0.3 is 0 Å². The fourth-order valence-electron chi connectivity index (χ4n) is 3.04. The van der Waals surface area contributed by atoms with E-state index in [0.717, 1.165) is 16.8 Å². The molecule has 0 aliphatic carbocycles. The van der Waals surface area contributed by atoms with Gasteiger partial charge in [-0.05, 0) is 23.3 Å². The van der Waals surface area contributed by atoms with Gasteiger partial charge in [0.2, 0.25) is 0 Å². The molecule has 4 rings (SSSR count). The fourth-order valence-corrected chi connectivity index (χ4v) is 3.04. The van der Waals surface area contributed by atoms with E-state index in [1.165, 1.54) is 0 Å². The van der Waals surface area contributed by atoms with Gasteiger partial charge in [0.1, 0.15) is 5.69 Å². The molecule has 0 spiro atoms. The molecule has 3 aromatic carbocycles. The van der Waals surface area contributed by atoms with Gasteiger partial charge in [0.05, 0.1) is 22.4 Å². The van der Waals surface area contributed by atoms with Crippen LogP contribution in [0.4, 0.5) is 11.4 Å². The highest BCUT2D eigenvalue weighted by Gasteiger charge is 2.09. The highest BCUT2D eigenvalue weighted by Crippen LogP contribution is 2.24. The fraction of sp³-hybridized carbons (Fsp3) is 0.0909. The van der Waals surface area contributed by atoms with E-state index in [4.69, 9.17) is 5.73 Å². The number of hydrogen-bond donors (Lipinski definition) is 3. The number of hydrogen-bond acceptors (Lipinski definition) is 4. The van der Waals surface area contributed by atoms with Crippen LogP contribution in [0.3, 0.4) is 0 Å². The van der Waals surface area contributed by atoms with E-state index in [9.17, 15) is 4.79 Å². The summed E-state index contributed by atoms with van der Waals surface area (Å²) in [4.78, 5) is 19.9. The van der Waals surface area contributed by atoms with Crippen molar-refractivity contribution in [3.63, 3.8) is 0 Å². The van der Waals surface area contributed by atoms with Gasteiger partial charge in [0, 0.05) is 13.0 Å². The third-order valence-electron chi connectivity index (χ3n) is 4.47. The summed E-state index contributed by atoms with van der Waals surface area (Å²) in [6.07, 6.45) is 0.489. The number of nitrogen functional groups attached to an aromatic ring is 1. The molecule has 27 heavy (non-hydrogen) atoms. The second-order valence-corrected chi connectivity index (χ2v) is 6.47. The van der Waals surface area contributed by atoms with Crippen molar-refractivity contribution in [1.82, 2.24) is 9.97 Å². The lowest BCUT2D eigenvalue weighted by Crippen LogP contribution is -2.16. The number of nitrogens with two attached hydrogens (primary N) is 1. The van der Waals surface area contributed by atoms with Gasteiger partial charge in [-0.2, -0.15) is 0 Å². The van der Waals surface area contributed by atoms with Crippen LogP contribution in [-0.4, -0.2) is 9.97 Å². The molecule has 4 aromatic rings. The minimum absolute atomic E-state index is 0.184. The molecule has 0 fully saturated rings. The number of nitrogens with zero attached hydrogens (tertiary/aromatic N) is 1. The topological polar surface area (TPSA) is 83.8 Å². The third kappa shape index (κ3) is 3.82. The monoisotopic (exact) mass is 356 g/mol. The van der Waals surface area contributed by atoms with Gasteiger partial charge in [-0.3, -0.25) is 4.79 Å². The first-order valence-corrected chi connectivity index (χ1v) is 8.83. The van der Waals surface area contributed by atoms with E-state index in [0.29, 0.717) is 35.4 Å². The molecule has 0 aliphatic rings. The van der Waals surface area contributed by atoms with Crippen molar-refractivity contribution in [2.75, 3.05) is 11.1 Å². The number of aromatic nitrogens is 2. The lowest BCUT2D eigenvalue weighted by Gasteiger charge is -2.11. The van der Waals surface area contributed by atoms with Gasteiger partial charge in [0.25, 0.3) is 5.56 Å². The van der Waals surface area contributed by atoms with Crippen molar-refractivity contribution in [2.45, 2.75) is 13.0 Å². The van der Waals surface area contributed by atoms with Crippen LogP contribution in [0.25, 0.3) is 11.0 Å². The molecule has 0 saturated carbocycles. The van der Waals surface area contributed by atoms with Crippen molar-refractivity contribution in [3.8, 4) is 0 Å². The second-order valence-electron chi connectivity index (χ2n) is 6.47. The van der Waals surface area contributed by atoms with E-state index < -0.39 is 0 Å². The summed E-state index contributed by atoms with van der Waals surface area (Å²) in [5.74, 6) is 0. The van der Waals surface area contributed by atoms with Crippen LogP contribution in [0.5, 0.6) is 0 Å². The molecule has 1 aromatic heterocycles. The Morgan fingerprint density at radius 3 is 2.30 bits per heavy atom. The Morgan fingerprint density at radius 1 is 0.926 bits per heavy atom. The lowest BCUT2D eigenvalue weighted by molar-refractivity contribution is 1.03. The Kier molecular flexibility index (Phi) is 4.58. The number of H-pyrrole nitrogens is 1. The summed E-state index contributed by atoms with van der Waals surface area (Å²) in [6.45, 7) is 0.663. The van der Waals surface area contributed by atoms with Crippen molar-refractivity contribution >= 4 is 22.4 Å². The molecule has 0 unspecified atom stereocenters. The molecule has 1 heterocycles. The Labute approximate surface area is 156 Å². The molecule has 0 amide bonds. The molecule has 5 heteroatoms. The van der Waals surface area contributed by atoms with Crippen molar-refractivity contribution in [2.24, 2.45) is 0 Å². The standard InChI is InChI=1S/C22H20N4O/c23-17-12-19-20(13-18(17)24-14-16-9-5-2-6-10-16)25-21(22(27)26-19)11-15-7-3-1-4-8-15/h1-10,12-13,24H,11,14,23H2,(H,26,27). The van der Waals surface area contributed by atoms with Crippen LogP contribution in [0.2, 0.25) is 0 Å². The summed E-state index contributed by atoms with van der Waals surface area (Å²) < 4.78 is 0. The smallest absolute Gasteiger partial charge is 0.270 e. The highest BCUT2D eigenvalue weighted by atomic mass is 16.1. The molecule has 0 radical (unpaired) electrons. The van der Waals surface area contributed by atoms with E-state index in [1.54, 1.807) is 6.07 Å². The number of rotatable bonds is 5. The van der Waals surface area contributed by atoms with Crippen molar-refractivity contribution in [1.29, 1.82) is 0 Å². The number of aromatic amines is 1. The molecule has 134 valence electrons. The zero-order valence-corrected chi connectivity index (χ0v) is 14.8. The minimum atomic E-state index is -0.184. The van der Waals surface area contributed by atoms with Gasteiger partial charge in [-0.1, -0.05) is 60.7 Å². The Balaban J connectivity index is 1.65. The van der Waals surface area contributed by atoms with Crippen LogP contribution in [0.1, 0.15) is 16.8 Å². The molecule has 0 bridgehead atoms. The minimum Gasteiger partial charge on any atom is -0.397 e. The number of nitrogens with one attached hydrogen (secondary N) is 2. The zero-order valence-electron chi connectivity index (χ0n) is 14.8. The second kappa shape index (κ2) is 7.33. The molecule has 0 saturated heterocycles. The summed E-state index contributed by atoms with van der Waals surface area (Å²) in [5, 5.41) is 3.35. The summed E-state index contributed by atoms with van der Waals surface area (Å²) in [7, 11) is 0.